The van der Waals surface area contributed by atoms with Crippen molar-refractivity contribution in [1.29, 1.82) is 0 Å². The monoisotopic (exact) mass is 401 g/mol. The second-order valence-electron chi connectivity index (χ2n) is 6.62. The summed E-state index contributed by atoms with van der Waals surface area (Å²) in [5, 5.41) is 7.58. The number of aromatic nitrogens is 2. The molecule has 0 saturated carbocycles. The molecule has 1 aromatic heterocycles. The molecule has 28 heavy (non-hydrogen) atoms. The van der Waals surface area contributed by atoms with E-state index in [2.05, 4.69) is 33.7 Å². The molecule has 4 rings (SSSR count). The molecule has 0 saturated heterocycles. The van der Waals surface area contributed by atoms with Crippen molar-refractivity contribution in [2.24, 2.45) is 0 Å². The number of nitrogens with zero attached hydrogens (tertiary/aromatic N) is 2. The van der Waals surface area contributed by atoms with Gasteiger partial charge in [0.1, 0.15) is 0 Å². The Kier molecular flexibility index (Phi) is 6.54. The fourth-order valence-corrected chi connectivity index (χ4v) is 3.42. The average Bonchev–Trinajstić information content (AvgIpc) is 3.03. The molecule has 0 unspecified atom stereocenters. The summed E-state index contributed by atoms with van der Waals surface area (Å²) in [6.07, 6.45) is 2.65. The fourth-order valence-electron chi connectivity index (χ4n) is 3.42. The first-order valence-electron chi connectivity index (χ1n) is 9.13. The van der Waals surface area contributed by atoms with E-state index in [9.17, 15) is 0 Å². The van der Waals surface area contributed by atoms with Gasteiger partial charge in [0.15, 0.2) is 17.3 Å². The highest BCUT2D eigenvalue weighted by molar-refractivity contribution is 5.85. The molecule has 7 heteroatoms. The molecule has 1 N–H and O–H groups in total. The molecule has 0 amide bonds. The normalized spacial score (nSPS) is 13.2. The first kappa shape index (κ1) is 20.2. The molecule has 3 aromatic rings. The van der Waals surface area contributed by atoms with Crippen LogP contribution in [0.25, 0.3) is 11.5 Å². The third-order valence-electron chi connectivity index (χ3n) is 4.87. The number of benzene rings is 2. The van der Waals surface area contributed by atoms with Gasteiger partial charge in [0.2, 0.25) is 0 Å². The van der Waals surface area contributed by atoms with Crippen LogP contribution in [-0.2, 0) is 19.3 Å². The van der Waals surface area contributed by atoms with E-state index in [0.29, 0.717) is 29.6 Å². The highest BCUT2D eigenvalue weighted by Gasteiger charge is 2.14. The first-order chi connectivity index (χ1) is 13.3. The van der Waals surface area contributed by atoms with Crippen molar-refractivity contribution in [3.63, 3.8) is 0 Å². The van der Waals surface area contributed by atoms with Gasteiger partial charge in [-0.25, -0.2) is 0 Å². The van der Waals surface area contributed by atoms with Gasteiger partial charge in [0.05, 0.1) is 14.2 Å². The standard InChI is InChI=1S/C21H23N3O3.ClH/c1-25-18-6-3-14(11-19(18)26-2)12-20-23-21(27-24-20)17-5-4-15-7-9-22-10-8-16(15)13-17;/h3-6,11,13,22H,7-10,12H2,1-2H3;1H. The van der Waals surface area contributed by atoms with Crippen molar-refractivity contribution in [3.05, 3.63) is 58.9 Å². The molecule has 1 aliphatic heterocycles. The minimum atomic E-state index is 0. The number of hydrogen-bond donors (Lipinski definition) is 1. The largest absolute Gasteiger partial charge is 0.493 e. The number of rotatable bonds is 5. The maximum Gasteiger partial charge on any atom is 0.257 e. The molecular formula is C21H24ClN3O3. The summed E-state index contributed by atoms with van der Waals surface area (Å²) >= 11 is 0. The van der Waals surface area contributed by atoms with Gasteiger partial charge in [-0.15, -0.1) is 12.4 Å². The van der Waals surface area contributed by atoms with Crippen LogP contribution < -0.4 is 14.8 Å². The molecular weight excluding hydrogens is 378 g/mol. The second kappa shape index (κ2) is 9.08. The molecule has 2 aromatic carbocycles. The van der Waals surface area contributed by atoms with Crippen molar-refractivity contribution < 1.29 is 14.0 Å². The maximum absolute atomic E-state index is 5.51. The first-order valence-corrected chi connectivity index (χ1v) is 9.13. The van der Waals surface area contributed by atoms with Gasteiger partial charge in [-0.2, -0.15) is 4.98 Å². The number of methoxy groups -OCH3 is 2. The lowest BCUT2D eigenvalue weighted by Gasteiger charge is -2.08. The van der Waals surface area contributed by atoms with Gasteiger partial charge < -0.3 is 19.3 Å². The number of halogens is 1. The van der Waals surface area contributed by atoms with Crippen LogP contribution in [0.4, 0.5) is 0 Å². The van der Waals surface area contributed by atoms with Gasteiger partial charge >= 0.3 is 0 Å². The number of ether oxygens (including phenoxy) is 2. The predicted octanol–water partition coefficient (Wildman–Crippen LogP) is 3.45. The van der Waals surface area contributed by atoms with Crippen LogP contribution >= 0.6 is 12.4 Å². The molecule has 1 aliphatic rings. The minimum Gasteiger partial charge on any atom is -0.493 e. The molecule has 0 bridgehead atoms. The SMILES string of the molecule is COc1ccc(Cc2noc(-c3ccc4c(c3)CCNCC4)n2)cc1OC.Cl. The van der Waals surface area contributed by atoms with E-state index in [-0.39, 0.29) is 12.4 Å². The third kappa shape index (κ3) is 4.29. The Morgan fingerprint density at radius 1 is 0.964 bits per heavy atom. The van der Waals surface area contributed by atoms with Crippen molar-refractivity contribution in [2.45, 2.75) is 19.3 Å². The molecule has 2 heterocycles. The van der Waals surface area contributed by atoms with Gasteiger partial charge in [-0.3, -0.25) is 0 Å². The molecule has 0 atom stereocenters. The van der Waals surface area contributed by atoms with Crippen LogP contribution in [-0.4, -0.2) is 37.4 Å². The minimum absolute atomic E-state index is 0. The van der Waals surface area contributed by atoms with Crippen LogP contribution in [0.15, 0.2) is 40.9 Å². The fraction of sp³-hybridized carbons (Fsp3) is 0.333. The summed E-state index contributed by atoms with van der Waals surface area (Å²) in [4.78, 5) is 4.58. The Balaban J connectivity index is 0.00000225. The third-order valence-corrected chi connectivity index (χ3v) is 4.87. The molecule has 148 valence electrons. The van der Waals surface area contributed by atoms with E-state index >= 15 is 0 Å². The Morgan fingerprint density at radius 3 is 2.54 bits per heavy atom. The highest BCUT2D eigenvalue weighted by Crippen LogP contribution is 2.29. The van der Waals surface area contributed by atoms with Crippen LogP contribution in [0.1, 0.15) is 22.5 Å². The summed E-state index contributed by atoms with van der Waals surface area (Å²) < 4.78 is 16.2. The zero-order valence-corrected chi connectivity index (χ0v) is 16.8. The van der Waals surface area contributed by atoms with E-state index in [1.807, 2.05) is 18.2 Å². The Bertz CT molecular complexity index is 942. The van der Waals surface area contributed by atoms with Gasteiger partial charge in [0.25, 0.3) is 5.89 Å². The predicted molar refractivity (Wildman–Crippen MR) is 110 cm³/mol. The zero-order chi connectivity index (χ0) is 18.6. The smallest absolute Gasteiger partial charge is 0.257 e. The lowest BCUT2D eigenvalue weighted by atomic mass is 10.00. The number of nitrogens with one attached hydrogen (secondary N) is 1. The summed E-state index contributed by atoms with van der Waals surface area (Å²) in [5.74, 6) is 2.60. The lowest BCUT2D eigenvalue weighted by Crippen LogP contribution is -2.16. The summed E-state index contributed by atoms with van der Waals surface area (Å²) in [6, 6.07) is 12.2. The van der Waals surface area contributed by atoms with E-state index in [1.54, 1.807) is 14.2 Å². The van der Waals surface area contributed by atoms with Crippen molar-refractivity contribution >= 4 is 12.4 Å². The number of hydrogen-bond acceptors (Lipinski definition) is 6. The summed E-state index contributed by atoms with van der Waals surface area (Å²) in [5.41, 5.74) is 4.76. The van der Waals surface area contributed by atoms with E-state index in [4.69, 9.17) is 14.0 Å². The van der Waals surface area contributed by atoms with Gasteiger partial charge in [0, 0.05) is 12.0 Å². The summed E-state index contributed by atoms with van der Waals surface area (Å²) in [7, 11) is 3.25. The van der Waals surface area contributed by atoms with Crippen LogP contribution in [0.2, 0.25) is 0 Å². The van der Waals surface area contributed by atoms with Crippen LogP contribution in [0.3, 0.4) is 0 Å². The Hall–Kier alpha value is -2.57. The second-order valence-corrected chi connectivity index (χ2v) is 6.62. The number of fused-ring (bicyclic) bond motifs is 1. The van der Waals surface area contributed by atoms with Crippen molar-refractivity contribution in [2.75, 3.05) is 27.3 Å². The topological polar surface area (TPSA) is 69.4 Å². The van der Waals surface area contributed by atoms with Gasteiger partial charge in [-0.05, 0) is 66.9 Å². The summed E-state index contributed by atoms with van der Waals surface area (Å²) in [6.45, 7) is 2.03. The quantitative estimate of drug-likeness (QED) is 0.706. The van der Waals surface area contributed by atoms with Gasteiger partial charge in [-0.1, -0.05) is 17.3 Å². The molecule has 0 spiro atoms. The molecule has 0 aliphatic carbocycles. The average molecular weight is 402 g/mol. The Morgan fingerprint density at radius 2 is 1.75 bits per heavy atom. The maximum atomic E-state index is 5.51. The highest BCUT2D eigenvalue weighted by atomic mass is 35.5. The lowest BCUT2D eigenvalue weighted by molar-refractivity contribution is 0.354. The Labute approximate surface area is 170 Å². The van der Waals surface area contributed by atoms with Crippen molar-refractivity contribution in [3.8, 4) is 23.0 Å². The molecule has 6 nitrogen and oxygen atoms in total. The van der Waals surface area contributed by atoms with Crippen LogP contribution in [0, 0.1) is 0 Å². The van der Waals surface area contributed by atoms with E-state index in [1.165, 1.54) is 11.1 Å². The van der Waals surface area contributed by atoms with Crippen LogP contribution in [0.5, 0.6) is 11.5 Å². The van der Waals surface area contributed by atoms with E-state index in [0.717, 1.165) is 37.1 Å². The molecule has 0 radical (unpaired) electrons. The van der Waals surface area contributed by atoms with E-state index < -0.39 is 0 Å². The van der Waals surface area contributed by atoms with Crippen molar-refractivity contribution in [1.82, 2.24) is 15.5 Å². The molecule has 0 fully saturated rings. The zero-order valence-electron chi connectivity index (χ0n) is 16.0.